The lowest BCUT2D eigenvalue weighted by Crippen LogP contribution is -2.00. The van der Waals surface area contributed by atoms with E-state index in [0.717, 1.165) is 94.4 Å². The van der Waals surface area contributed by atoms with Crippen molar-refractivity contribution in [2.24, 2.45) is 0 Å². The van der Waals surface area contributed by atoms with Gasteiger partial charge in [0.2, 0.25) is 0 Å². The summed E-state index contributed by atoms with van der Waals surface area (Å²) in [6, 6.07) is 77.1. The maximum absolute atomic E-state index is 5.64. The van der Waals surface area contributed by atoms with Gasteiger partial charge in [-0.15, -0.1) is 0 Å². The van der Waals surface area contributed by atoms with Gasteiger partial charge in [-0.1, -0.05) is 182 Å². The van der Waals surface area contributed by atoms with Gasteiger partial charge in [-0.3, -0.25) is 0 Å². The van der Waals surface area contributed by atoms with E-state index < -0.39 is 0 Å². The Morgan fingerprint density at radius 1 is 0.295 bits per heavy atom. The van der Waals surface area contributed by atoms with Crippen molar-refractivity contribution in [3.8, 4) is 61.7 Å². The minimum Gasteiger partial charge on any atom is -0.309 e. The molecule has 0 spiro atoms. The predicted molar refractivity (Wildman–Crippen MR) is 254 cm³/mol. The lowest BCUT2D eigenvalue weighted by molar-refractivity contribution is 1.18. The quantitative estimate of drug-likeness (QED) is 0.158. The molecule has 0 N–H and O–H groups in total. The first-order valence-corrected chi connectivity index (χ1v) is 20.7. The Morgan fingerprint density at radius 2 is 0.738 bits per heavy atom. The summed E-state index contributed by atoms with van der Waals surface area (Å²) < 4.78 is 2.36. The Labute approximate surface area is 352 Å². The Balaban J connectivity index is 1.04. The zero-order chi connectivity index (χ0) is 40.3. The highest BCUT2D eigenvalue weighted by atomic mass is 15.0. The van der Waals surface area contributed by atoms with Crippen molar-refractivity contribution < 1.29 is 0 Å². The van der Waals surface area contributed by atoms with Crippen LogP contribution in [0.2, 0.25) is 0 Å². The van der Waals surface area contributed by atoms with E-state index in [0.29, 0.717) is 0 Å². The van der Waals surface area contributed by atoms with Crippen LogP contribution in [0.4, 0.5) is 0 Å². The molecule has 12 aromatic rings. The van der Waals surface area contributed by atoms with Crippen molar-refractivity contribution >= 4 is 54.5 Å². The van der Waals surface area contributed by atoms with Crippen LogP contribution < -0.4 is 0 Å². The van der Waals surface area contributed by atoms with Crippen LogP contribution in [0.5, 0.6) is 0 Å². The van der Waals surface area contributed by atoms with Gasteiger partial charge in [0, 0.05) is 54.9 Å². The summed E-state index contributed by atoms with van der Waals surface area (Å²) in [5, 5.41) is 5.65. The number of benzene rings is 9. The molecule has 61 heavy (non-hydrogen) atoms. The van der Waals surface area contributed by atoms with Crippen LogP contribution >= 0.6 is 0 Å². The minimum absolute atomic E-state index is 0.849. The number of pyridine rings is 1. The third-order valence-electron chi connectivity index (χ3n) is 12.0. The average molecular weight is 777 g/mol. The van der Waals surface area contributed by atoms with Gasteiger partial charge in [0.1, 0.15) is 0 Å². The summed E-state index contributed by atoms with van der Waals surface area (Å²) in [5.41, 5.74) is 16.3. The van der Waals surface area contributed by atoms with Crippen molar-refractivity contribution in [1.29, 1.82) is 0 Å². The number of nitrogens with zero attached hydrogens (tertiary/aromatic N) is 4. The van der Waals surface area contributed by atoms with Crippen LogP contribution in [0, 0.1) is 0 Å². The highest BCUT2D eigenvalue weighted by Crippen LogP contribution is 2.43. The molecule has 4 nitrogen and oxygen atoms in total. The molecule has 0 aliphatic heterocycles. The number of fused-ring (bicyclic) bond motifs is 8. The Bertz CT molecular complexity index is 3540. The molecule has 9 aromatic carbocycles. The summed E-state index contributed by atoms with van der Waals surface area (Å²) in [7, 11) is 0. The van der Waals surface area contributed by atoms with E-state index in [-0.39, 0.29) is 0 Å². The van der Waals surface area contributed by atoms with Gasteiger partial charge in [0.05, 0.1) is 44.7 Å². The largest absolute Gasteiger partial charge is 0.309 e. The fourth-order valence-corrected chi connectivity index (χ4v) is 9.11. The van der Waals surface area contributed by atoms with Crippen LogP contribution in [-0.2, 0) is 0 Å². The normalized spacial score (nSPS) is 11.6. The predicted octanol–water partition coefficient (Wildman–Crippen LogP) is 14.8. The number of aromatic nitrogens is 4. The average Bonchev–Trinajstić information content (AvgIpc) is 3.68. The van der Waals surface area contributed by atoms with Gasteiger partial charge in [0.25, 0.3) is 0 Å². The molecule has 284 valence electrons. The third-order valence-corrected chi connectivity index (χ3v) is 12.0. The molecule has 0 saturated carbocycles. The van der Waals surface area contributed by atoms with E-state index in [1.165, 1.54) is 21.8 Å². The second-order valence-electron chi connectivity index (χ2n) is 15.5. The Morgan fingerprint density at radius 3 is 1.33 bits per heavy atom. The molecule has 0 saturated heterocycles. The Hall–Kier alpha value is -8.21. The van der Waals surface area contributed by atoms with Crippen LogP contribution in [-0.4, -0.2) is 19.5 Å². The van der Waals surface area contributed by atoms with E-state index in [2.05, 4.69) is 211 Å². The van der Waals surface area contributed by atoms with E-state index in [1.807, 2.05) is 12.1 Å². The third kappa shape index (κ3) is 5.80. The number of hydrogen-bond donors (Lipinski definition) is 0. The highest BCUT2D eigenvalue weighted by Gasteiger charge is 2.22. The molecule has 0 amide bonds. The molecule has 0 aliphatic rings. The van der Waals surface area contributed by atoms with Crippen molar-refractivity contribution in [1.82, 2.24) is 19.5 Å². The SMILES string of the molecule is c1ccc(-c2nc3c(-c4ccccc4)cc4c(-c5ccc(-c6ccc(-n7c8ccccc8c8ccccc87)cc6)cc5)nc5ccccc5c4c3nc2-c2ccccc2)cc1. The van der Waals surface area contributed by atoms with Gasteiger partial charge in [-0.2, -0.15) is 0 Å². The first kappa shape index (κ1) is 34.8. The fourth-order valence-electron chi connectivity index (χ4n) is 9.11. The Kier molecular flexibility index (Phi) is 8.13. The summed E-state index contributed by atoms with van der Waals surface area (Å²) in [5.74, 6) is 0. The molecule has 0 unspecified atom stereocenters. The lowest BCUT2D eigenvalue weighted by Gasteiger charge is -2.18. The monoisotopic (exact) mass is 776 g/mol. The molecular formula is C57H36N4. The molecule has 4 heteroatoms. The van der Waals surface area contributed by atoms with Crippen molar-refractivity contribution in [3.05, 3.63) is 218 Å². The maximum Gasteiger partial charge on any atom is 0.0987 e. The van der Waals surface area contributed by atoms with E-state index in [1.54, 1.807) is 0 Å². The van der Waals surface area contributed by atoms with Crippen LogP contribution in [0.15, 0.2) is 218 Å². The summed E-state index contributed by atoms with van der Waals surface area (Å²) in [6.07, 6.45) is 0. The number of para-hydroxylation sites is 3. The minimum atomic E-state index is 0.849. The molecule has 12 rings (SSSR count). The van der Waals surface area contributed by atoms with Crippen molar-refractivity contribution in [2.75, 3.05) is 0 Å². The molecule has 0 atom stereocenters. The summed E-state index contributed by atoms with van der Waals surface area (Å²) in [4.78, 5) is 16.6. The topological polar surface area (TPSA) is 43.6 Å². The van der Waals surface area contributed by atoms with Crippen molar-refractivity contribution in [2.45, 2.75) is 0 Å². The van der Waals surface area contributed by atoms with E-state index >= 15 is 0 Å². The zero-order valence-electron chi connectivity index (χ0n) is 33.1. The summed E-state index contributed by atoms with van der Waals surface area (Å²) in [6.45, 7) is 0. The summed E-state index contributed by atoms with van der Waals surface area (Å²) >= 11 is 0. The molecule has 0 bridgehead atoms. The van der Waals surface area contributed by atoms with E-state index in [4.69, 9.17) is 15.0 Å². The maximum atomic E-state index is 5.64. The number of rotatable bonds is 6. The fraction of sp³-hybridized carbons (Fsp3) is 0. The van der Waals surface area contributed by atoms with Crippen LogP contribution in [0.3, 0.4) is 0 Å². The molecule has 3 aromatic heterocycles. The highest BCUT2D eigenvalue weighted by molar-refractivity contribution is 6.24. The standard InChI is InChI=1S/C57H36N4/c1-4-16-39(17-5-1)47-36-48-52(57-56(47)59-54(40-18-6-2-7-19-40)55(60-57)41-20-8-3-9-21-41)46-24-10-13-25-49(46)58-53(48)42-30-28-37(29-31-42)38-32-34-43(35-33-38)61-50-26-14-11-22-44(50)45-23-12-15-27-51(45)61/h1-36H. The molecule has 0 aliphatic carbocycles. The van der Waals surface area contributed by atoms with Crippen LogP contribution in [0.25, 0.3) is 116 Å². The van der Waals surface area contributed by atoms with Gasteiger partial charge in [-0.05, 0) is 53.1 Å². The van der Waals surface area contributed by atoms with E-state index in [9.17, 15) is 0 Å². The zero-order valence-corrected chi connectivity index (χ0v) is 33.1. The smallest absolute Gasteiger partial charge is 0.0987 e. The molecule has 0 fully saturated rings. The van der Waals surface area contributed by atoms with Gasteiger partial charge in [0.15, 0.2) is 0 Å². The first-order valence-electron chi connectivity index (χ1n) is 20.7. The van der Waals surface area contributed by atoms with Gasteiger partial charge in [-0.25, -0.2) is 15.0 Å². The molecule has 3 heterocycles. The lowest BCUT2D eigenvalue weighted by atomic mass is 9.92. The first-order chi connectivity index (χ1) is 30.3. The number of hydrogen-bond acceptors (Lipinski definition) is 3. The second-order valence-corrected chi connectivity index (χ2v) is 15.5. The van der Waals surface area contributed by atoms with Gasteiger partial charge < -0.3 is 4.57 Å². The van der Waals surface area contributed by atoms with Gasteiger partial charge >= 0.3 is 0 Å². The van der Waals surface area contributed by atoms with Crippen molar-refractivity contribution in [3.63, 3.8) is 0 Å². The molecule has 0 radical (unpaired) electrons. The van der Waals surface area contributed by atoms with Crippen LogP contribution in [0.1, 0.15) is 0 Å². The molecular weight excluding hydrogens is 741 g/mol. The second kappa shape index (κ2) is 14.3.